The molecule has 2 N–H and O–H groups in total. The fraction of sp³-hybridized carbons (Fsp3) is 0.500. The zero-order chi connectivity index (χ0) is 18.8. The molecule has 0 spiro atoms. The predicted octanol–water partition coefficient (Wildman–Crippen LogP) is 1.46. The van der Waals surface area contributed by atoms with Crippen molar-refractivity contribution in [3.05, 3.63) is 41.9 Å². The van der Waals surface area contributed by atoms with Crippen molar-refractivity contribution in [3.8, 4) is 0 Å². The molecule has 3 aromatic rings. The fourth-order valence-electron chi connectivity index (χ4n) is 3.70. The lowest BCUT2D eigenvalue weighted by Gasteiger charge is -2.18. The molecule has 9 nitrogen and oxygen atoms in total. The van der Waals surface area contributed by atoms with Crippen LogP contribution in [0.4, 0.5) is 0 Å². The molecule has 1 saturated carbocycles. The zero-order valence-electron chi connectivity index (χ0n) is 15.2. The Morgan fingerprint density at radius 3 is 2.96 bits per heavy atom. The van der Waals surface area contributed by atoms with E-state index in [1.807, 2.05) is 6.92 Å². The molecular weight excluding hydrogens is 346 g/mol. The maximum Gasteiger partial charge on any atom is 0.257 e. The van der Waals surface area contributed by atoms with Crippen LogP contribution in [0.5, 0.6) is 0 Å². The maximum atomic E-state index is 12.8. The molecule has 4 rings (SSSR count). The number of nitrogens with one attached hydrogen (secondary N) is 1. The van der Waals surface area contributed by atoms with Gasteiger partial charge in [0.05, 0.1) is 12.2 Å². The van der Waals surface area contributed by atoms with Crippen molar-refractivity contribution >= 4 is 11.6 Å². The molecule has 1 aliphatic rings. The maximum absolute atomic E-state index is 12.8. The lowest BCUT2D eigenvalue weighted by Crippen LogP contribution is -2.29. The number of amides is 1. The van der Waals surface area contributed by atoms with Gasteiger partial charge in [-0.15, -0.1) is 10.2 Å². The van der Waals surface area contributed by atoms with E-state index in [1.165, 1.54) is 19.0 Å². The topological polar surface area (TPSA) is 110 Å². The van der Waals surface area contributed by atoms with Gasteiger partial charge in [-0.2, -0.15) is 5.10 Å². The van der Waals surface area contributed by atoms with E-state index >= 15 is 0 Å². The number of rotatable bonds is 6. The summed E-state index contributed by atoms with van der Waals surface area (Å²) < 4.78 is 3.65. The highest BCUT2D eigenvalue weighted by Crippen LogP contribution is 2.31. The van der Waals surface area contributed by atoms with Crippen LogP contribution < -0.4 is 5.32 Å². The number of hydrogen-bond acceptors (Lipinski definition) is 6. The van der Waals surface area contributed by atoms with Gasteiger partial charge in [0.1, 0.15) is 11.9 Å². The van der Waals surface area contributed by atoms with Gasteiger partial charge in [0.15, 0.2) is 11.5 Å². The van der Waals surface area contributed by atoms with E-state index in [4.69, 9.17) is 5.11 Å². The van der Waals surface area contributed by atoms with Gasteiger partial charge in [-0.05, 0) is 31.7 Å². The summed E-state index contributed by atoms with van der Waals surface area (Å²) in [5.74, 6) is 0.519. The van der Waals surface area contributed by atoms with Gasteiger partial charge in [-0.1, -0.05) is 12.8 Å². The molecule has 0 radical (unpaired) electrons. The first-order valence-electron chi connectivity index (χ1n) is 9.30. The van der Waals surface area contributed by atoms with Crippen LogP contribution in [0, 0.1) is 0 Å². The summed E-state index contributed by atoms with van der Waals surface area (Å²) in [5, 5.41) is 24.5. The summed E-state index contributed by atoms with van der Waals surface area (Å²) in [6.45, 7) is 1.95. The molecule has 1 atom stereocenters. The first-order valence-corrected chi connectivity index (χ1v) is 9.30. The highest BCUT2D eigenvalue weighted by Gasteiger charge is 2.24. The van der Waals surface area contributed by atoms with Crippen LogP contribution in [-0.4, -0.2) is 47.0 Å². The van der Waals surface area contributed by atoms with Crippen LogP contribution in [0.1, 0.15) is 66.4 Å². The summed E-state index contributed by atoms with van der Waals surface area (Å²) in [7, 11) is 0. The number of fused-ring (bicyclic) bond motifs is 1. The van der Waals surface area contributed by atoms with Crippen LogP contribution in [0.25, 0.3) is 5.65 Å². The van der Waals surface area contributed by atoms with Crippen molar-refractivity contribution in [1.82, 2.24) is 34.7 Å². The van der Waals surface area contributed by atoms with E-state index in [0.717, 1.165) is 24.2 Å². The average molecular weight is 369 g/mol. The Labute approximate surface area is 156 Å². The van der Waals surface area contributed by atoms with E-state index in [0.29, 0.717) is 23.7 Å². The third-order valence-electron chi connectivity index (χ3n) is 5.11. The van der Waals surface area contributed by atoms with Gasteiger partial charge in [0.2, 0.25) is 0 Å². The van der Waals surface area contributed by atoms with Gasteiger partial charge in [-0.25, -0.2) is 9.50 Å². The number of aromatic nitrogens is 6. The third-order valence-corrected chi connectivity index (χ3v) is 5.11. The fourth-order valence-corrected chi connectivity index (χ4v) is 3.70. The number of carbonyl (C=O) groups is 1. The highest BCUT2D eigenvalue weighted by molar-refractivity contribution is 5.99. The van der Waals surface area contributed by atoms with Crippen molar-refractivity contribution in [2.75, 3.05) is 6.61 Å². The van der Waals surface area contributed by atoms with Crippen molar-refractivity contribution < 1.29 is 9.90 Å². The quantitative estimate of drug-likeness (QED) is 0.681. The molecule has 3 aromatic heterocycles. The minimum Gasteiger partial charge on any atom is -0.396 e. The van der Waals surface area contributed by atoms with Gasteiger partial charge in [0, 0.05) is 25.0 Å². The van der Waals surface area contributed by atoms with E-state index in [9.17, 15) is 4.79 Å². The molecule has 27 heavy (non-hydrogen) atoms. The van der Waals surface area contributed by atoms with Crippen LogP contribution in [0.15, 0.2) is 24.9 Å². The number of carbonyl (C=O) groups excluding carboxylic acids is 1. The number of aliphatic hydroxyl groups is 1. The molecule has 0 bridgehead atoms. The minimum atomic E-state index is -0.274. The Bertz CT molecular complexity index is 942. The van der Waals surface area contributed by atoms with Crippen molar-refractivity contribution in [3.63, 3.8) is 0 Å². The molecule has 0 aliphatic heterocycles. The average Bonchev–Trinajstić information content (AvgIpc) is 3.40. The largest absolute Gasteiger partial charge is 0.396 e. The van der Waals surface area contributed by atoms with Crippen molar-refractivity contribution in [2.45, 2.75) is 51.1 Å². The second kappa shape index (κ2) is 7.43. The first-order chi connectivity index (χ1) is 13.2. The lowest BCUT2D eigenvalue weighted by molar-refractivity contribution is 0.0938. The molecule has 1 amide bonds. The summed E-state index contributed by atoms with van der Waals surface area (Å²) in [5.41, 5.74) is 1.75. The molecule has 1 fully saturated rings. The molecule has 0 unspecified atom stereocenters. The van der Waals surface area contributed by atoms with Gasteiger partial charge < -0.3 is 15.0 Å². The Kier molecular flexibility index (Phi) is 4.85. The SMILES string of the molecule is C[C@H](NC(=O)c1cnn2cc(CCO)cnc12)c1nncn1C1CCCC1. The Balaban J connectivity index is 1.52. The van der Waals surface area contributed by atoms with Gasteiger partial charge >= 0.3 is 0 Å². The second-order valence-electron chi connectivity index (χ2n) is 6.99. The van der Waals surface area contributed by atoms with Crippen LogP contribution in [0.3, 0.4) is 0 Å². The van der Waals surface area contributed by atoms with E-state index in [-0.39, 0.29) is 18.6 Å². The Morgan fingerprint density at radius 2 is 2.19 bits per heavy atom. The van der Waals surface area contributed by atoms with E-state index in [2.05, 4.69) is 30.2 Å². The summed E-state index contributed by atoms with van der Waals surface area (Å²) in [6.07, 6.45) is 11.9. The highest BCUT2D eigenvalue weighted by atomic mass is 16.3. The lowest BCUT2D eigenvalue weighted by atomic mass is 10.2. The Morgan fingerprint density at radius 1 is 1.37 bits per heavy atom. The van der Waals surface area contributed by atoms with Crippen molar-refractivity contribution in [1.29, 1.82) is 0 Å². The summed E-state index contributed by atoms with van der Waals surface area (Å²) in [6, 6.07) is 0.141. The van der Waals surface area contributed by atoms with Crippen LogP contribution >= 0.6 is 0 Å². The predicted molar refractivity (Wildman–Crippen MR) is 97.2 cm³/mol. The minimum absolute atomic E-state index is 0.0426. The third kappa shape index (κ3) is 3.42. The molecular formula is C18H23N7O2. The van der Waals surface area contributed by atoms with Gasteiger partial charge in [0.25, 0.3) is 5.91 Å². The summed E-state index contributed by atoms with van der Waals surface area (Å²) in [4.78, 5) is 17.1. The summed E-state index contributed by atoms with van der Waals surface area (Å²) >= 11 is 0. The molecule has 0 aromatic carbocycles. The van der Waals surface area contributed by atoms with E-state index in [1.54, 1.807) is 23.2 Å². The number of nitrogens with zero attached hydrogens (tertiary/aromatic N) is 6. The normalized spacial score (nSPS) is 16.1. The van der Waals surface area contributed by atoms with Gasteiger partial charge in [-0.3, -0.25) is 4.79 Å². The zero-order valence-corrected chi connectivity index (χ0v) is 15.2. The van der Waals surface area contributed by atoms with E-state index < -0.39 is 0 Å². The molecule has 1 aliphatic carbocycles. The molecule has 3 heterocycles. The van der Waals surface area contributed by atoms with Crippen LogP contribution in [-0.2, 0) is 6.42 Å². The number of aliphatic hydroxyl groups excluding tert-OH is 1. The molecule has 142 valence electrons. The monoisotopic (exact) mass is 369 g/mol. The Hall–Kier alpha value is -2.81. The standard InChI is InChI=1S/C18H23N7O2/c1-12(16-23-20-11-24(16)14-4-2-3-5-14)22-18(27)15-9-21-25-10-13(6-7-26)8-19-17(15)25/h8-12,14,26H,2-7H2,1H3,(H,22,27)/t12-/m0/s1. The van der Waals surface area contributed by atoms with Crippen LogP contribution in [0.2, 0.25) is 0 Å². The smallest absolute Gasteiger partial charge is 0.257 e. The number of hydrogen-bond donors (Lipinski definition) is 2. The van der Waals surface area contributed by atoms with Crippen molar-refractivity contribution in [2.24, 2.45) is 0 Å². The first kappa shape index (κ1) is 17.6. The molecule has 0 saturated heterocycles. The molecule has 9 heteroatoms. The second-order valence-corrected chi connectivity index (χ2v) is 6.99.